The summed E-state index contributed by atoms with van der Waals surface area (Å²) in [5, 5.41) is 0. The molecule has 0 spiro atoms. The molecular weight excluding hydrogens is 290 g/mol. The monoisotopic (exact) mass is 298 g/mol. The number of allylic oxidation sites excluding steroid dienone is 1. The minimum atomic E-state index is -5.18. The van der Waals surface area contributed by atoms with Crippen LogP contribution in [-0.4, -0.2) is 19.1 Å². The maximum atomic E-state index is 12.7. The van der Waals surface area contributed by atoms with Crippen LogP contribution in [0.1, 0.15) is 11.1 Å². The number of benzene rings is 1. The quantitative estimate of drug-likeness (QED) is 0.482. The summed E-state index contributed by atoms with van der Waals surface area (Å²) >= 11 is 0. The Labute approximate surface area is 109 Å². The first-order valence-corrected chi connectivity index (χ1v) is 5.11. The number of ketones is 1. The van der Waals surface area contributed by atoms with E-state index in [-0.39, 0.29) is 6.08 Å². The first kappa shape index (κ1) is 16.1. The Bertz CT molecular complexity index is 527. The summed E-state index contributed by atoms with van der Waals surface area (Å²) in [4.78, 5) is 10.8. The average Bonchev–Trinajstić information content (AvgIpc) is 2.33. The number of ether oxygens (including phenoxy) is 1. The van der Waals surface area contributed by atoms with Crippen LogP contribution < -0.4 is 0 Å². The van der Waals surface area contributed by atoms with Gasteiger partial charge in [0.1, 0.15) is 5.76 Å². The van der Waals surface area contributed by atoms with Crippen molar-refractivity contribution < 1.29 is 35.9 Å². The fourth-order valence-corrected chi connectivity index (χ4v) is 1.39. The molecule has 0 fully saturated rings. The molecule has 0 saturated carbocycles. The Morgan fingerprint density at radius 2 is 1.65 bits per heavy atom. The molecule has 0 heterocycles. The Morgan fingerprint density at radius 1 is 1.10 bits per heavy atom. The third-order valence-electron chi connectivity index (χ3n) is 2.26. The normalized spacial score (nSPS) is 13.2. The van der Waals surface area contributed by atoms with Gasteiger partial charge in [0, 0.05) is 11.6 Å². The number of methoxy groups -OCH3 is 1. The van der Waals surface area contributed by atoms with Crippen LogP contribution in [0, 0.1) is 0 Å². The number of carbonyl (C=O) groups excluding carboxylic acids is 1. The van der Waals surface area contributed by atoms with Crippen LogP contribution in [0.5, 0.6) is 0 Å². The zero-order valence-electron chi connectivity index (χ0n) is 9.97. The Hall–Kier alpha value is -1.99. The lowest BCUT2D eigenvalue weighted by Gasteiger charge is -2.14. The van der Waals surface area contributed by atoms with Crippen molar-refractivity contribution in [2.45, 2.75) is 12.4 Å². The molecule has 0 bridgehead atoms. The van der Waals surface area contributed by atoms with Gasteiger partial charge < -0.3 is 4.74 Å². The molecule has 110 valence electrons. The predicted octanol–water partition coefficient (Wildman–Crippen LogP) is 3.82. The maximum absolute atomic E-state index is 12.7. The smallest absolute Gasteiger partial charge is 0.454 e. The highest BCUT2D eigenvalue weighted by Crippen LogP contribution is 2.35. The van der Waals surface area contributed by atoms with Crippen LogP contribution in [0.4, 0.5) is 26.3 Å². The molecule has 0 aromatic heterocycles. The van der Waals surface area contributed by atoms with Crippen LogP contribution in [0.15, 0.2) is 30.3 Å². The molecule has 0 amide bonds. The molecule has 8 heteroatoms. The van der Waals surface area contributed by atoms with E-state index in [9.17, 15) is 31.1 Å². The minimum Gasteiger partial charge on any atom is -0.496 e. The van der Waals surface area contributed by atoms with E-state index in [1.165, 1.54) is 6.07 Å². The van der Waals surface area contributed by atoms with Crippen molar-refractivity contribution in [3.63, 3.8) is 0 Å². The number of halogens is 6. The van der Waals surface area contributed by atoms with Gasteiger partial charge in [0.2, 0.25) is 0 Å². The van der Waals surface area contributed by atoms with Crippen molar-refractivity contribution in [2.75, 3.05) is 7.11 Å². The van der Waals surface area contributed by atoms with Gasteiger partial charge in [0.15, 0.2) is 0 Å². The average molecular weight is 298 g/mol. The molecule has 0 atom stereocenters. The minimum absolute atomic E-state index is 0.00935. The van der Waals surface area contributed by atoms with Gasteiger partial charge in [-0.25, -0.2) is 0 Å². The second-order valence-electron chi connectivity index (χ2n) is 3.62. The van der Waals surface area contributed by atoms with Gasteiger partial charge in [-0.3, -0.25) is 4.79 Å². The molecule has 0 saturated heterocycles. The molecule has 0 N–H and O–H groups in total. The Kier molecular flexibility index (Phi) is 4.46. The number of carbonyl (C=O) groups is 1. The molecule has 20 heavy (non-hydrogen) atoms. The van der Waals surface area contributed by atoms with Gasteiger partial charge in [0.25, 0.3) is 5.78 Å². The van der Waals surface area contributed by atoms with Crippen molar-refractivity contribution >= 4 is 11.5 Å². The molecule has 2 nitrogen and oxygen atoms in total. The summed E-state index contributed by atoms with van der Waals surface area (Å²) in [6.45, 7) is 0. The first-order valence-electron chi connectivity index (χ1n) is 5.11. The van der Waals surface area contributed by atoms with E-state index in [2.05, 4.69) is 4.74 Å². The maximum Gasteiger partial charge on any atom is 0.454 e. The Morgan fingerprint density at radius 3 is 2.10 bits per heavy atom. The second kappa shape index (κ2) is 5.56. The van der Waals surface area contributed by atoms with Crippen molar-refractivity contribution in [2.24, 2.45) is 0 Å². The van der Waals surface area contributed by atoms with Gasteiger partial charge in [-0.2, -0.15) is 26.3 Å². The van der Waals surface area contributed by atoms with Gasteiger partial charge in [-0.15, -0.1) is 0 Å². The van der Waals surface area contributed by atoms with E-state index in [1.807, 2.05) is 0 Å². The van der Waals surface area contributed by atoms with Gasteiger partial charge in [-0.05, 0) is 6.07 Å². The van der Waals surface area contributed by atoms with Crippen LogP contribution in [0.3, 0.4) is 0 Å². The molecule has 0 unspecified atom stereocenters. The second-order valence-corrected chi connectivity index (χ2v) is 3.62. The summed E-state index contributed by atoms with van der Waals surface area (Å²) in [5.41, 5.74) is -1.83. The molecule has 0 aliphatic rings. The van der Waals surface area contributed by atoms with Crippen molar-refractivity contribution in [3.8, 4) is 0 Å². The summed E-state index contributed by atoms with van der Waals surface area (Å²) < 4.78 is 79.0. The zero-order valence-corrected chi connectivity index (χ0v) is 9.97. The molecule has 1 rings (SSSR count). The zero-order chi connectivity index (χ0) is 15.6. The van der Waals surface area contributed by atoms with Crippen LogP contribution in [0.2, 0.25) is 0 Å². The summed E-state index contributed by atoms with van der Waals surface area (Å²) in [5.74, 6) is -3.11. The topological polar surface area (TPSA) is 26.3 Å². The highest BCUT2D eigenvalue weighted by Gasteiger charge is 2.38. The SMILES string of the molecule is CO/C(=C\C(=O)C(F)(F)F)c1ccccc1C(F)(F)F. The fourth-order valence-electron chi connectivity index (χ4n) is 1.39. The molecular formula is C12H8F6O2. The van der Waals surface area contributed by atoms with E-state index < -0.39 is 35.0 Å². The largest absolute Gasteiger partial charge is 0.496 e. The number of rotatable bonds is 3. The molecule has 0 radical (unpaired) electrons. The van der Waals surface area contributed by atoms with Crippen LogP contribution in [-0.2, 0) is 15.7 Å². The molecule has 0 aliphatic heterocycles. The van der Waals surface area contributed by atoms with Crippen molar-refractivity contribution in [3.05, 3.63) is 41.5 Å². The van der Waals surface area contributed by atoms with E-state index >= 15 is 0 Å². The van der Waals surface area contributed by atoms with Crippen molar-refractivity contribution in [1.29, 1.82) is 0 Å². The predicted molar refractivity (Wildman–Crippen MR) is 57.5 cm³/mol. The van der Waals surface area contributed by atoms with Crippen LogP contribution >= 0.6 is 0 Å². The number of hydrogen-bond donors (Lipinski definition) is 0. The molecule has 0 aliphatic carbocycles. The van der Waals surface area contributed by atoms with Gasteiger partial charge >= 0.3 is 12.4 Å². The number of hydrogen-bond acceptors (Lipinski definition) is 2. The molecule has 1 aromatic carbocycles. The van der Waals surface area contributed by atoms with E-state index in [0.717, 1.165) is 19.2 Å². The van der Waals surface area contributed by atoms with Crippen LogP contribution in [0.25, 0.3) is 5.76 Å². The van der Waals surface area contributed by atoms with Crippen molar-refractivity contribution in [1.82, 2.24) is 0 Å². The standard InChI is InChI=1S/C12H8F6O2/c1-20-9(6-10(19)12(16,17)18)7-4-2-3-5-8(7)11(13,14)15/h2-6H,1H3/b9-6-. The third-order valence-corrected chi connectivity index (χ3v) is 2.26. The van der Waals surface area contributed by atoms with E-state index in [4.69, 9.17) is 0 Å². The molecule has 1 aromatic rings. The summed E-state index contributed by atoms with van der Waals surface area (Å²) in [7, 11) is 0.878. The Balaban J connectivity index is 3.35. The fraction of sp³-hybridized carbons (Fsp3) is 0.250. The number of alkyl halides is 6. The lowest BCUT2D eigenvalue weighted by Crippen LogP contribution is -2.21. The van der Waals surface area contributed by atoms with Gasteiger partial charge in [-0.1, -0.05) is 18.2 Å². The van der Waals surface area contributed by atoms with Gasteiger partial charge in [0.05, 0.1) is 12.7 Å². The lowest BCUT2D eigenvalue weighted by atomic mass is 10.0. The van der Waals surface area contributed by atoms with E-state index in [1.54, 1.807) is 0 Å². The van der Waals surface area contributed by atoms with E-state index in [0.29, 0.717) is 6.07 Å². The first-order chi connectivity index (χ1) is 9.07. The summed E-state index contributed by atoms with van der Waals surface area (Å²) in [6.07, 6.45) is -9.98. The highest BCUT2D eigenvalue weighted by molar-refractivity contribution is 5.99. The summed E-state index contributed by atoms with van der Waals surface area (Å²) in [6, 6.07) is 3.86. The highest BCUT2D eigenvalue weighted by atomic mass is 19.4. The lowest BCUT2D eigenvalue weighted by molar-refractivity contribution is -0.165. The third kappa shape index (κ3) is 3.75.